The molecule has 0 saturated carbocycles. The van der Waals surface area contributed by atoms with Crippen LogP contribution in [-0.2, 0) is 11.8 Å². The molecule has 6 heteroatoms. The van der Waals surface area contributed by atoms with Gasteiger partial charge in [-0.1, -0.05) is 13.8 Å². The minimum absolute atomic E-state index is 0.206. The number of hydrogen-bond donors (Lipinski definition) is 2. The lowest BCUT2D eigenvalue weighted by Gasteiger charge is -2.44. The third kappa shape index (κ3) is 1.92. The second kappa shape index (κ2) is 5.08. The first-order valence-electron chi connectivity index (χ1n) is 7.54. The number of ether oxygens (including phenoxy) is 1. The number of aromatic amines is 1. The smallest absolute Gasteiger partial charge is 0.244 e. The predicted octanol–water partition coefficient (Wildman–Crippen LogP) is 1.41. The number of hydrogen-bond acceptors (Lipinski definition) is 5. The Bertz CT molecular complexity index is 626. The summed E-state index contributed by atoms with van der Waals surface area (Å²) in [5.41, 5.74) is 8.27. The Morgan fingerprint density at radius 1 is 1.52 bits per heavy atom. The highest BCUT2D eigenvalue weighted by molar-refractivity contribution is 5.55. The molecule has 0 bridgehead atoms. The van der Waals surface area contributed by atoms with Crippen LogP contribution < -0.4 is 10.5 Å². The van der Waals surface area contributed by atoms with E-state index in [0.29, 0.717) is 11.5 Å². The lowest BCUT2D eigenvalue weighted by molar-refractivity contribution is 0.164. The standard InChI is InChI=1S/C15H21N5O/c1-3-11-12-14(19-18-11)21-13(17)10(8-16)15(12)6-5-7-20(4-2)9-15/h3-7,9,17H2,1-2H3,(H,18,19). The summed E-state index contributed by atoms with van der Waals surface area (Å²) in [6.07, 6.45) is 2.79. The first-order valence-corrected chi connectivity index (χ1v) is 7.54. The topological polar surface area (TPSA) is 91.0 Å². The summed E-state index contributed by atoms with van der Waals surface area (Å²) in [7, 11) is 0. The molecule has 21 heavy (non-hydrogen) atoms. The van der Waals surface area contributed by atoms with Gasteiger partial charge in [0.15, 0.2) is 0 Å². The van der Waals surface area contributed by atoms with Crippen LogP contribution in [0.2, 0.25) is 0 Å². The van der Waals surface area contributed by atoms with Crippen molar-refractivity contribution in [3.8, 4) is 11.9 Å². The minimum atomic E-state index is -0.376. The number of nitriles is 1. The van der Waals surface area contributed by atoms with Crippen molar-refractivity contribution in [1.82, 2.24) is 15.1 Å². The molecule has 1 atom stereocenters. The molecule has 3 heterocycles. The van der Waals surface area contributed by atoms with E-state index in [-0.39, 0.29) is 11.3 Å². The van der Waals surface area contributed by atoms with Crippen LogP contribution in [0.1, 0.15) is 37.9 Å². The van der Waals surface area contributed by atoms with Crippen LogP contribution in [0.3, 0.4) is 0 Å². The summed E-state index contributed by atoms with van der Waals surface area (Å²) >= 11 is 0. The summed E-state index contributed by atoms with van der Waals surface area (Å²) in [6.45, 7) is 7.06. The zero-order valence-corrected chi connectivity index (χ0v) is 12.6. The highest BCUT2D eigenvalue weighted by Gasteiger charge is 2.49. The van der Waals surface area contributed by atoms with Crippen LogP contribution in [0.4, 0.5) is 0 Å². The summed E-state index contributed by atoms with van der Waals surface area (Å²) in [5, 5.41) is 17.0. The number of likely N-dealkylation sites (N-methyl/N-ethyl adjacent to an activating group) is 1. The number of likely N-dealkylation sites (tertiary alicyclic amines) is 1. The van der Waals surface area contributed by atoms with Crippen molar-refractivity contribution in [2.45, 2.75) is 38.5 Å². The fourth-order valence-electron chi connectivity index (χ4n) is 3.68. The minimum Gasteiger partial charge on any atom is -0.420 e. The van der Waals surface area contributed by atoms with Crippen molar-refractivity contribution in [1.29, 1.82) is 5.26 Å². The molecule has 1 saturated heterocycles. The first-order chi connectivity index (χ1) is 10.2. The van der Waals surface area contributed by atoms with Gasteiger partial charge < -0.3 is 15.4 Å². The lowest BCUT2D eigenvalue weighted by Crippen LogP contribution is -2.49. The molecule has 1 aromatic rings. The Morgan fingerprint density at radius 2 is 2.33 bits per heavy atom. The van der Waals surface area contributed by atoms with E-state index in [4.69, 9.17) is 10.5 Å². The Morgan fingerprint density at radius 3 is 3.00 bits per heavy atom. The van der Waals surface area contributed by atoms with E-state index >= 15 is 0 Å². The zero-order valence-electron chi connectivity index (χ0n) is 12.6. The number of nitrogens with zero attached hydrogens (tertiary/aromatic N) is 3. The second-order valence-electron chi connectivity index (χ2n) is 5.74. The highest BCUT2D eigenvalue weighted by Crippen LogP contribution is 2.48. The molecule has 0 aliphatic carbocycles. The van der Waals surface area contributed by atoms with Gasteiger partial charge in [-0.2, -0.15) is 5.26 Å². The predicted molar refractivity (Wildman–Crippen MR) is 78.4 cm³/mol. The van der Waals surface area contributed by atoms with Crippen LogP contribution in [0.5, 0.6) is 5.88 Å². The molecule has 0 amide bonds. The van der Waals surface area contributed by atoms with Crippen LogP contribution in [0.25, 0.3) is 0 Å². The van der Waals surface area contributed by atoms with Crippen molar-refractivity contribution in [2.24, 2.45) is 5.73 Å². The fraction of sp³-hybridized carbons (Fsp3) is 0.600. The Hall–Kier alpha value is -2.00. The van der Waals surface area contributed by atoms with Gasteiger partial charge in [-0.15, -0.1) is 5.10 Å². The normalized spacial score (nSPS) is 25.6. The Labute approximate surface area is 124 Å². The van der Waals surface area contributed by atoms with Crippen molar-refractivity contribution >= 4 is 0 Å². The van der Waals surface area contributed by atoms with Gasteiger partial charge in [-0.05, 0) is 32.4 Å². The molecule has 1 fully saturated rings. The van der Waals surface area contributed by atoms with E-state index in [0.717, 1.165) is 50.2 Å². The number of rotatable bonds is 2. The van der Waals surface area contributed by atoms with E-state index in [9.17, 15) is 5.26 Å². The number of nitrogens with two attached hydrogens (primary N) is 1. The summed E-state index contributed by atoms with van der Waals surface area (Å²) in [6, 6.07) is 2.30. The van der Waals surface area contributed by atoms with Crippen molar-refractivity contribution in [2.75, 3.05) is 19.6 Å². The van der Waals surface area contributed by atoms with Crippen LogP contribution in [0, 0.1) is 11.3 Å². The van der Waals surface area contributed by atoms with Gasteiger partial charge >= 0.3 is 0 Å². The molecule has 0 aromatic carbocycles. The molecule has 3 rings (SSSR count). The van der Waals surface area contributed by atoms with Crippen molar-refractivity contribution in [3.63, 3.8) is 0 Å². The molecule has 2 aliphatic heterocycles. The Balaban J connectivity index is 2.19. The molecular weight excluding hydrogens is 266 g/mol. The molecule has 112 valence electrons. The highest BCUT2D eigenvalue weighted by atomic mass is 16.5. The third-order valence-corrected chi connectivity index (χ3v) is 4.70. The molecule has 3 N–H and O–H groups in total. The maximum absolute atomic E-state index is 9.65. The lowest BCUT2D eigenvalue weighted by atomic mass is 9.68. The molecule has 1 spiro atoms. The van der Waals surface area contributed by atoms with E-state index in [2.05, 4.69) is 35.0 Å². The first kappa shape index (κ1) is 14.0. The number of aromatic nitrogens is 2. The van der Waals surface area contributed by atoms with Crippen LogP contribution >= 0.6 is 0 Å². The SMILES string of the molecule is CCc1[nH]nc2c1C1(CCCN(CC)C1)C(C#N)=C(N)O2. The van der Waals surface area contributed by atoms with Gasteiger partial charge in [-0.25, -0.2) is 0 Å². The largest absolute Gasteiger partial charge is 0.420 e. The van der Waals surface area contributed by atoms with Crippen LogP contribution in [0.15, 0.2) is 11.5 Å². The van der Waals surface area contributed by atoms with E-state index in [1.165, 1.54) is 0 Å². The van der Waals surface area contributed by atoms with Crippen molar-refractivity contribution < 1.29 is 4.74 Å². The molecule has 6 nitrogen and oxygen atoms in total. The van der Waals surface area contributed by atoms with Gasteiger partial charge in [-0.3, -0.25) is 5.10 Å². The van der Waals surface area contributed by atoms with Gasteiger partial charge in [0, 0.05) is 17.8 Å². The number of H-pyrrole nitrogens is 1. The van der Waals surface area contributed by atoms with Crippen molar-refractivity contribution in [3.05, 3.63) is 22.7 Å². The summed E-state index contributed by atoms with van der Waals surface area (Å²) < 4.78 is 5.59. The van der Waals surface area contributed by atoms with Gasteiger partial charge in [0.2, 0.25) is 11.8 Å². The van der Waals surface area contributed by atoms with Crippen LogP contribution in [-0.4, -0.2) is 34.7 Å². The quantitative estimate of drug-likeness (QED) is 0.858. The number of piperidine rings is 1. The molecule has 0 radical (unpaired) electrons. The molecular formula is C15H21N5O. The number of aryl methyl sites for hydroxylation is 1. The molecule has 2 aliphatic rings. The van der Waals surface area contributed by atoms with Gasteiger partial charge in [0.1, 0.15) is 11.6 Å². The Kier molecular flexibility index (Phi) is 3.38. The summed E-state index contributed by atoms with van der Waals surface area (Å²) in [5.74, 6) is 0.749. The second-order valence-corrected chi connectivity index (χ2v) is 5.74. The third-order valence-electron chi connectivity index (χ3n) is 4.70. The van der Waals surface area contributed by atoms with Gasteiger partial charge in [0.05, 0.1) is 5.41 Å². The maximum atomic E-state index is 9.65. The average molecular weight is 287 g/mol. The van der Waals surface area contributed by atoms with Gasteiger partial charge in [0.25, 0.3) is 0 Å². The maximum Gasteiger partial charge on any atom is 0.244 e. The fourth-order valence-corrected chi connectivity index (χ4v) is 3.68. The molecule has 1 aromatic heterocycles. The molecule has 1 unspecified atom stereocenters. The van der Waals surface area contributed by atoms with E-state index in [1.54, 1.807) is 0 Å². The average Bonchev–Trinajstić information content (AvgIpc) is 2.91. The zero-order chi connectivity index (χ0) is 15.0. The monoisotopic (exact) mass is 287 g/mol. The number of fused-ring (bicyclic) bond motifs is 2. The number of nitrogens with one attached hydrogen (secondary N) is 1. The van der Waals surface area contributed by atoms with E-state index < -0.39 is 0 Å². The van der Waals surface area contributed by atoms with E-state index in [1.807, 2.05) is 0 Å². The summed E-state index contributed by atoms with van der Waals surface area (Å²) in [4.78, 5) is 2.37.